The van der Waals surface area contributed by atoms with Crippen molar-refractivity contribution in [2.24, 2.45) is 5.41 Å². The Morgan fingerprint density at radius 2 is 1.87 bits per heavy atom. The summed E-state index contributed by atoms with van der Waals surface area (Å²) in [6, 6.07) is 2.20. The van der Waals surface area contributed by atoms with Crippen molar-refractivity contribution < 1.29 is 8.42 Å². The van der Waals surface area contributed by atoms with E-state index in [0.717, 1.165) is 12.7 Å². The first-order chi connectivity index (χ1) is 6.77. The summed E-state index contributed by atoms with van der Waals surface area (Å²) in [5.74, 6) is 0. The van der Waals surface area contributed by atoms with E-state index < -0.39 is 10.0 Å². The average molecular weight is 233 g/mol. The predicted octanol–water partition coefficient (Wildman–Crippen LogP) is 0.0651. The highest BCUT2D eigenvalue weighted by Gasteiger charge is 2.15. The molecule has 0 saturated carbocycles. The summed E-state index contributed by atoms with van der Waals surface area (Å²) >= 11 is 0. The number of rotatable bonds is 7. The average Bonchev–Trinajstić information content (AvgIpc) is 2.09. The molecule has 0 aromatic rings. The number of hydrogen-bond donors (Lipinski definition) is 2. The van der Waals surface area contributed by atoms with Gasteiger partial charge in [0.25, 0.3) is 0 Å². The third-order valence-corrected chi connectivity index (χ3v) is 2.62. The number of nitrogens with zero attached hydrogens (tertiary/aromatic N) is 1. The van der Waals surface area contributed by atoms with Crippen LogP contribution >= 0.6 is 0 Å². The molecular weight excluding hydrogens is 214 g/mol. The molecule has 0 aromatic heterocycles. The number of sulfonamides is 1. The topological polar surface area (TPSA) is 82.0 Å². The van der Waals surface area contributed by atoms with Crippen molar-refractivity contribution in [3.63, 3.8) is 0 Å². The molecule has 0 aliphatic rings. The lowest BCUT2D eigenvalue weighted by atomic mass is 9.92. The first-order valence-electron chi connectivity index (χ1n) is 4.83. The molecule has 2 N–H and O–H groups in total. The second-order valence-corrected chi connectivity index (χ2v) is 6.00. The molecule has 6 heteroatoms. The van der Waals surface area contributed by atoms with Gasteiger partial charge in [-0.25, -0.2) is 13.1 Å². The first kappa shape index (κ1) is 14.4. The summed E-state index contributed by atoms with van der Waals surface area (Å²) in [4.78, 5) is 0. The van der Waals surface area contributed by atoms with Crippen LogP contribution in [0.4, 0.5) is 0 Å². The van der Waals surface area contributed by atoms with E-state index in [9.17, 15) is 8.42 Å². The van der Waals surface area contributed by atoms with E-state index in [2.05, 4.69) is 16.1 Å². The third kappa shape index (κ3) is 9.66. The van der Waals surface area contributed by atoms with Gasteiger partial charge in [0.2, 0.25) is 10.0 Å². The Labute approximate surface area is 91.9 Å². The van der Waals surface area contributed by atoms with Crippen LogP contribution < -0.4 is 10.0 Å². The fourth-order valence-electron chi connectivity index (χ4n) is 0.907. The van der Waals surface area contributed by atoms with Gasteiger partial charge in [-0.05, 0) is 26.8 Å². The van der Waals surface area contributed by atoms with Crippen LogP contribution in [-0.2, 0) is 10.0 Å². The highest BCUT2D eigenvalue weighted by atomic mass is 32.2. The molecule has 0 aliphatic heterocycles. The standard InChI is InChI=1S/C9H19N3O2S/c1-9(2,8-10)4-5-11-6-7-12-15(3,13)14/h11-12H,4-7H2,1-3H3. The maximum Gasteiger partial charge on any atom is 0.208 e. The zero-order valence-corrected chi connectivity index (χ0v) is 10.3. The lowest BCUT2D eigenvalue weighted by molar-refractivity contribution is 0.433. The van der Waals surface area contributed by atoms with Crippen LogP contribution in [-0.4, -0.2) is 34.3 Å². The predicted molar refractivity (Wildman–Crippen MR) is 59.7 cm³/mol. The molecule has 15 heavy (non-hydrogen) atoms. The monoisotopic (exact) mass is 233 g/mol. The highest BCUT2D eigenvalue weighted by molar-refractivity contribution is 7.88. The van der Waals surface area contributed by atoms with Crippen LogP contribution in [0.3, 0.4) is 0 Å². The molecule has 0 aromatic carbocycles. The largest absolute Gasteiger partial charge is 0.315 e. The minimum atomic E-state index is -3.09. The SMILES string of the molecule is CC(C)(C#N)CCNCCNS(C)(=O)=O. The van der Waals surface area contributed by atoms with Gasteiger partial charge >= 0.3 is 0 Å². The second kappa shape index (κ2) is 6.05. The Morgan fingerprint density at radius 3 is 2.33 bits per heavy atom. The summed E-state index contributed by atoms with van der Waals surface area (Å²) in [5, 5.41) is 11.8. The lowest BCUT2D eigenvalue weighted by Gasteiger charge is -2.14. The molecule has 0 heterocycles. The zero-order valence-electron chi connectivity index (χ0n) is 9.50. The normalized spacial score (nSPS) is 12.4. The quantitative estimate of drug-likeness (QED) is 0.609. The number of nitriles is 1. The Morgan fingerprint density at radius 1 is 1.27 bits per heavy atom. The van der Waals surface area contributed by atoms with E-state index in [-0.39, 0.29) is 5.41 Å². The maximum absolute atomic E-state index is 10.7. The van der Waals surface area contributed by atoms with Gasteiger partial charge < -0.3 is 5.32 Å². The number of nitrogens with one attached hydrogen (secondary N) is 2. The Balaban J connectivity index is 3.46. The Bertz CT molecular complexity index is 317. The lowest BCUT2D eigenvalue weighted by Crippen LogP contribution is -2.32. The van der Waals surface area contributed by atoms with Gasteiger partial charge in [0.05, 0.1) is 17.7 Å². The van der Waals surface area contributed by atoms with Crippen LogP contribution in [0.1, 0.15) is 20.3 Å². The Kier molecular flexibility index (Phi) is 5.80. The maximum atomic E-state index is 10.7. The van der Waals surface area contributed by atoms with E-state index in [1.807, 2.05) is 13.8 Å². The molecule has 0 aliphatic carbocycles. The minimum absolute atomic E-state index is 0.322. The van der Waals surface area contributed by atoms with Crippen molar-refractivity contribution in [2.45, 2.75) is 20.3 Å². The van der Waals surface area contributed by atoms with E-state index in [1.54, 1.807) is 0 Å². The molecule has 0 saturated heterocycles. The van der Waals surface area contributed by atoms with Crippen LogP contribution in [0.15, 0.2) is 0 Å². The summed E-state index contributed by atoms with van der Waals surface area (Å²) in [6.45, 7) is 5.43. The summed E-state index contributed by atoms with van der Waals surface area (Å²) in [6.07, 6.45) is 1.88. The van der Waals surface area contributed by atoms with Crippen molar-refractivity contribution in [3.8, 4) is 6.07 Å². The molecule has 0 atom stereocenters. The third-order valence-electron chi connectivity index (χ3n) is 1.90. The minimum Gasteiger partial charge on any atom is -0.315 e. The molecule has 0 radical (unpaired) electrons. The van der Waals surface area contributed by atoms with Crippen LogP contribution in [0.25, 0.3) is 0 Å². The Hall–Kier alpha value is -0.640. The molecule has 0 amide bonds. The van der Waals surface area contributed by atoms with Gasteiger partial charge in [0.15, 0.2) is 0 Å². The molecule has 0 spiro atoms. The van der Waals surface area contributed by atoms with E-state index in [4.69, 9.17) is 5.26 Å². The molecule has 0 unspecified atom stereocenters. The van der Waals surface area contributed by atoms with Crippen molar-refractivity contribution in [2.75, 3.05) is 25.9 Å². The van der Waals surface area contributed by atoms with Gasteiger partial charge in [0.1, 0.15) is 0 Å². The van der Waals surface area contributed by atoms with Crippen LogP contribution in [0.5, 0.6) is 0 Å². The first-order valence-corrected chi connectivity index (χ1v) is 6.72. The summed E-state index contributed by atoms with van der Waals surface area (Å²) < 4.78 is 23.8. The zero-order chi connectivity index (χ0) is 11.9. The smallest absolute Gasteiger partial charge is 0.208 e. The van der Waals surface area contributed by atoms with Gasteiger partial charge in [-0.3, -0.25) is 0 Å². The van der Waals surface area contributed by atoms with Gasteiger partial charge in [-0.2, -0.15) is 5.26 Å². The summed E-state index contributed by atoms with van der Waals surface area (Å²) in [5.41, 5.74) is -0.322. The van der Waals surface area contributed by atoms with Gasteiger partial charge in [0, 0.05) is 13.1 Å². The van der Waals surface area contributed by atoms with E-state index in [1.165, 1.54) is 0 Å². The van der Waals surface area contributed by atoms with Crippen LogP contribution in [0, 0.1) is 16.7 Å². The highest BCUT2D eigenvalue weighted by Crippen LogP contribution is 2.16. The fraction of sp³-hybridized carbons (Fsp3) is 0.889. The van der Waals surface area contributed by atoms with Gasteiger partial charge in [-0.1, -0.05) is 0 Å². The molecule has 0 fully saturated rings. The summed E-state index contributed by atoms with van der Waals surface area (Å²) in [7, 11) is -3.09. The molecule has 5 nitrogen and oxygen atoms in total. The molecule has 88 valence electrons. The van der Waals surface area contributed by atoms with Crippen molar-refractivity contribution in [3.05, 3.63) is 0 Å². The van der Waals surface area contributed by atoms with E-state index >= 15 is 0 Å². The molecule has 0 rings (SSSR count). The van der Waals surface area contributed by atoms with E-state index in [0.29, 0.717) is 19.6 Å². The van der Waals surface area contributed by atoms with Crippen molar-refractivity contribution >= 4 is 10.0 Å². The molecular formula is C9H19N3O2S. The van der Waals surface area contributed by atoms with Crippen molar-refractivity contribution in [1.82, 2.24) is 10.0 Å². The molecule has 0 bridgehead atoms. The number of hydrogen-bond acceptors (Lipinski definition) is 4. The van der Waals surface area contributed by atoms with Crippen molar-refractivity contribution in [1.29, 1.82) is 5.26 Å². The second-order valence-electron chi connectivity index (χ2n) is 4.16. The fourth-order valence-corrected chi connectivity index (χ4v) is 1.38. The van der Waals surface area contributed by atoms with Gasteiger partial charge in [-0.15, -0.1) is 0 Å². The van der Waals surface area contributed by atoms with Crippen LogP contribution in [0.2, 0.25) is 0 Å².